The highest BCUT2D eigenvalue weighted by molar-refractivity contribution is 7.99. The fourth-order valence-electron chi connectivity index (χ4n) is 2.23. The Morgan fingerprint density at radius 2 is 1.71 bits per heavy atom. The summed E-state index contributed by atoms with van der Waals surface area (Å²) in [7, 11) is 0. The maximum atomic E-state index is 10.6. The molecule has 1 atom stereocenters. The van der Waals surface area contributed by atoms with Crippen LogP contribution in [0.4, 0.5) is 0 Å². The van der Waals surface area contributed by atoms with E-state index in [1.807, 2.05) is 23.9 Å². The molecule has 1 N–H and O–H groups in total. The maximum absolute atomic E-state index is 10.6. The van der Waals surface area contributed by atoms with Crippen LogP contribution >= 0.6 is 11.8 Å². The van der Waals surface area contributed by atoms with Crippen molar-refractivity contribution in [3.05, 3.63) is 30.0 Å². The molecule has 0 aromatic carbocycles. The van der Waals surface area contributed by atoms with E-state index in [2.05, 4.69) is 24.8 Å². The van der Waals surface area contributed by atoms with Crippen LogP contribution in [0.5, 0.6) is 0 Å². The number of unbranched alkanes of at least 4 members (excludes halogenated alkanes) is 7. The van der Waals surface area contributed by atoms with Gasteiger partial charge in [-0.25, -0.2) is 0 Å². The van der Waals surface area contributed by atoms with Gasteiger partial charge in [0.15, 0.2) is 0 Å². The Morgan fingerprint density at radius 1 is 1.04 bits per heavy atom. The van der Waals surface area contributed by atoms with Crippen LogP contribution in [0, 0.1) is 5.92 Å². The number of rotatable bonds is 16. The van der Waals surface area contributed by atoms with Crippen molar-refractivity contribution in [2.75, 3.05) is 11.5 Å². The molecule has 0 aromatic heterocycles. The van der Waals surface area contributed by atoms with Crippen molar-refractivity contribution >= 4 is 17.7 Å². The average Bonchev–Trinajstić information content (AvgIpc) is 2.57. The quantitative estimate of drug-likeness (QED) is 0.192. The van der Waals surface area contributed by atoms with Crippen molar-refractivity contribution in [3.8, 4) is 0 Å². The molecule has 0 radical (unpaired) electrons. The van der Waals surface area contributed by atoms with Gasteiger partial charge in [-0.1, -0.05) is 64.5 Å². The summed E-state index contributed by atoms with van der Waals surface area (Å²) in [5.41, 5.74) is 3.06. The van der Waals surface area contributed by atoms with Crippen LogP contribution in [0.2, 0.25) is 0 Å². The normalized spacial score (nSPS) is 12.1. The third-order valence-corrected chi connectivity index (χ3v) is 4.83. The minimum atomic E-state index is -0.745. The molecule has 0 bridgehead atoms. The Morgan fingerprint density at radius 3 is 2.42 bits per heavy atom. The molecule has 0 fully saturated rings. The fourth-order valence-corrected chi connectivity index (χ4v) is 2.91. The average molecular weight is 353 g/mol. The Labute approximate surface area is 153 Å². The number of hydrogen-bond acceptors (Lipinski definition) is 2. The highest BCUT2D eigenvalue weighted by Gasteiger charge is 2.06. The molecule has 0 amide bonds. The first kappa shape index (κ1) is 23.1. The molecule has 0 saturated heterocycles. The molecular formula is C21H36O2S. The van der Waals surface area contributed by atoms with Gasteiger partial charge in [0.2, 0.25) is 0 Å². The number of carbonyl (C=O) groups is 1. The van der Waals surface area contributed by atoms with Gasteiger partial charge in [0.05, 0.1) is 5.92 Å². The second-order valence-electron chi connectivity index (χ2n) is 6.29. The van der Waals surface area contributed by atoms with E-state index in [4.69, 9.17) is 5.11 Å². The standard InChI is InChI=1S/C21H36O2S/c1-3-4-5-6-7-8-9-10-11-12-15-18-24-19-16-13-14-17-20(2)21(22)23/h11-12,14,16,20H,3-10,15,17-19H2,1-2H3,(H,22,23)/b12-11-. The van der Waals surface area contributed by atoms with Gasteiger partial charge in [0.25, 0.3) is 0 Å². The molecule has 0 aromatic rings. The minimum Gasteiger partial charge on any atom is -0.481 e. The van der Waals surface area contributed by atoms with Crippen molar-refractivity contribution in [1.29, 1.82) is 0 Å². The summed E-state index contributed by atoms with van der Waals surface area (Å²) in [6.45, 7) is 3.98. The molecule has 0 aliphatic carbocycles. The van der Waals surface area contributed by atoms with E-state index in [1.54, 1.807) is 6.92 Å². The molecule has 3 heteroatoms. The molecule has 0 rings (SSSR count). The van der Waals surface area contributed by atoms with Crippen LogP contribution in [0.1, 0.15) is 78.1 Å². The largest absolute Gasteiger partial charge is 0.481 e. The molecular weight excluding hydrogens is 316 g/mol. The van der Waals surface area contributed by atoms with Crippen molar-refractivity contribution < 1.29 is 9.90 Å². The Balaban J connectivity index is 3.34. The lowest BCUT2D eigenvalue weighted by molar-refractivity contribution is -0.140. The highest BCUT2D eigenvalue weighted by atomic mass is 32.2. The van der Waals surface area contributed by atoms with E-state index in [-0.39, 0.29) is 5.92 Å². The van der Waals surface area contributed by atoms with E-state index in [1.165, 1.54) is 51.4 Å². The monoisotopic (exact) mass is 352 g/mol. The van der Waals surface area contributed by atoms with E-state index < -0.39 is 5.97 Å². The number of carboxylic acid groups (broad SMARTS) is 1. The van der Waals surface area contributed by atoms with E-state index >= 15 is 0 Å². The topological polar surface area (TPSA) is 37.3 Å². The Bertz CT molecular complexity index is 381. The number of carboxylic acids is 1. The lowest BCUT2D eigenvalue weighted by atomic mass is 10.1. The molecule has 0 heterocycles. The number of hydrogen-bond donors (Lipinski definition) is 1. The lowest BCUT2D eigenvalue weighted by Crippen LogP contribution is -2.07. The smallest absolute Gasteiger partial charge is 0.306 e. The second kappa shape index (κ2) is 18.4. The van der Waals surface area contributed by atoms with Crippen LogP contribution in [0.25, 0.3) is 0 Å². The number of aliphatic carboxylic acids is 1. The molecule has 1 unspecified atom stereocenters. The van der Waals surface area contributed by atoms with E-state index in [0.29, 0.717) is 6.42 Å². The number of thioether (sulfide) groups is 1. The third-order valence-electron chi connectivity index (χ3n) is 3.90. The van der Waals surface area contributed by atoms with Crippen molar-refractivity contribution in [2.45, 2.75) is 78.1 Å². The summed E-state index contributed by atoms with van der Waals surface area (Å²) in [5, 5.41) is 8.75. The maximum Gasteiger partial charge on any atom is 0.306 e. The molecule has 2 nitrogen and oxygen atoms in total. The molecule has 0 aliphatic heterocycles. The van der Waals surface area contributed by atoms with Gasteiger partial charge in [0.1, 0.15) is 0 Å². The van der Waals surface area contributed by atoms with Gasteiger partial charge in [0, 0.05) is 5.75 Å². The summed E-state index contributed by atoms with van der Waals surface area (Å²) >= 11 is 1.89. The van der Waals surface area contributed by atoms with E-state index in [9.17, 15) is 4.79 Å². The zero-order valence-electron chi connectivity index (χ0n) is 15.6. The van der Waals surface area contributed by atoms with Crippen molar-refractivity contribution in [2.24, 2.45) is 5.92 Å². The first-order chi connectivity index (χ1) is 11.7. The van der Waals surface area contributed by atoms with Crippen molar-refractivity contribution in [1.82, 2.24) is 0 Å². The van der Waals surface area contributed by atoms with Crippen LogP contribution in [0.3, 0.4) is 0 Å². The van der Waals surface area contributed by atoms with Crippen molar-refractivity contribution in [3.63, 3.8) is 0 Å². The fraction of sp³-hybridized carbons (Fsp3) is 0.714. The first-order valence-electron chi connectivity index (χ1n) is 9.53. The Kier molecular flexibility index (Phi) is 17.7. The molecule has 24 heavy (non-hydrogen) atoms. The molecule has 138 valence electrons. The zero-order valence-corrected chi connectivity index (χ0v) is 16.5. The Hall–Kier alpha value is -0.920. The third kappa shape index (κ3) is 17.4. The first-order valence-corrected chi connectivity index (χ1v) is 10.7. The van der Waals surface area contributed by atoms with Gasteiger partial charge in [-0.3, -0.25) is 4.79 Å². The number of allylic oxidation sites excluding steroid dienone is 2. The van der Waals surface area contributed by atoms with Crippen LogP contribution < -0.4 is 0 Å². The summed E-state index contributed by atoms with van der Waals surface area (Å²) in [5.74, 6) is 1.02. The molecule has 0 saturated carbocycles. The zero-order chi connectivity index (χ0) is 17.9. The summed E-state index contributed by atoms with van der Waals surface area (Å²) in [6, 6.07) is 0. The molecule has 0 aliphatic rings. The predicted octanol–water partition coefficient (Wildman–Crippen LogP) is 6.63. The summed E-state index contributed by atoms with van der Waals surface area (Å²) < 4.78 is 0. The second-order valence-corrected chi connectivity index (χ2v) is 7.44. The summed E-state index contributed by atoms with van der Waals surface area (Å²) in [6.07, 6.45) is 21.0. The van der Waals surface area contributed by atoms with Crippen LogP contribution in [0.15, 0.2) is 30.0 Å². The van der Waals surface area contributed by atoms with Gasteiger partial charge < -0.3 is 5.11 Å². The predicted molar refractivity (Wildman–Crippen MR) is 108 cm³/mol. The highest BCUT2D eigenvalue weighted by Crippen LogP contribution is 2.09. The van der Waals surface area contributed by atoms with Gasteiger partial charge >= 0.3 is 5.97 Å². The molecule has 0 spiro atoms. The van der Waals surface area contributed by atoms with Gasteiger partial charge in [-0.2, -0.15) is 11.8 Å². The SMILES string of the molecule is CCCCCCCCC/C=C\CCSCC=C=CCC(C)C(=O)O. The van der Waals surface area contributed by atoms with Crippen LogP contribution in [-0.2, 0) is 4.79 Å². The lowest BCUT2D eigenvalue weighted by Gasteiger charge is -1.99. The van der Waals surface area contributed by atoms with Gasteiger partial charge in [-0.15, -0.1) is 5.73 Å². The summed E-state index contributed by atoms with van der Waals surface area (Å²) in [4.78, 5) is 10.6. The minimum absolute atomic E-state index is 0.319. The van der Waals surface area contributed by atoms with E-state index in [0.717, 1.165) is 17.9 Å². The van der Waals surface area contributed by atoms with Gasteiger partial charge in [-0.05, 0) is 43.6 Å². The van der Waals surface area contributed by atoms with Crippen LogP contribution in [-0.4, -0.2) is 22.6 Å².